The van der Waals surface area contributed by atoms with Crippen LogP contribution in [0.1, 0.15) is 10.4 Å². The van der Waals surface area contributed by atoms with Gasteiger partial charge < -0.3 is 5.32 Å². The molecule has 0 saturated carbocycles. The molecule has 1 heterocycles. The van der Waals surface area contributed by atoms with Crippen LogP contribution < -0.4 is 5.32 Å². The van der Waals surface area contributed by atoms with Crippen LogP contribution in [0, 0.1) is 0 Å². The largest absolute Gasteiger partial charge is 0.319 e. The maximum Gasteiger partial charge on any atom is 0.257 e. The van der Waals surface area contributed by atoms with Crippen LogP contribution >= 0.6 is 27.5 Å². The third kappa shape index (κ3) is 2.81. The minimum absolute atomic E-state index is 0.300. The van der Waals surface area contributed by atoms with Gasteiger partial charge in [-0.2, -0.15) is 0 Å². The van der Waals surface area contributed by atoms with Gasteiger partial charge >= 0.3 is 0 Å². The summed E-state index contributed by atoms with van der Waals surface area (Å²) < 4.78 is 0.677. The number of carbonyl (C=O) groups is 1. The van der Waals surface area contributed by atoms with E-state index in [4.69, 9.17) is 11.6 Å². The van der Waals surface area contributed by atoms with E-state index in [-0.39, 0.29) is 5.91 Å². The zero-order valence-corrected chi connectivity index (χ0v) is 10.9. The lowest BCUT2D eigenvalue weighted by molar-refractivity contribution is 0.102. The Labute approximate surface area is 111 Å². The van der Waals surface area contributed by atoms with Crippen LogP contribution in [0.15, 0.2) is 41.4 Å². The monoisotopic (exact) mass is 311 g/mol. The van der Waals surface area contributed by atoms with Crippen molar-refractivity contribution in [3.8, 4) is 0 Å². The Morgan fingerprint density at radius 3 is 2.71 bits per heavy atom. The summed E-state index contributed by atoms with van der Waals surface area (Å²) in [6.07, 6.45) is 4.41. The molecule has 0 aliphatic carbocycles. The van der Waals surface area contributed by atoms with E-state index < -0.39 is 0 Å². The number of nitrogens with one attached hydrogen (secondary N) is 1. The summed E-state index contributed by atoms with van der Waals surface area (Å²) in [6, 6.07) is 5.16. The van der Waals surface area contributed by atoms with Crippen molar-refractivity contribution in [1.29, 1.82) is 0 Å². The Balaban J connectivity index is 2.24. The molecule has 0 radical (unpaired) electrons. The fourth-order valence-electron chi connectivity index (χ4n) is 1.24. The highest BCUT2D eigenvalue weighted by molar-refractivity contribution is 9.10. The van der Waals surface area contributed by atoms with Gasteiger partial charge in [0.15, 0.2) is 0 Å². The van der Waals surface area contributed by atoms with E-state index in [0.29, 0.717) is 20.7 Å². The molecule has 0 spiro atoms. The smallest absolute Gasteiger partial charge is 0.257 e. The Morgan fingerprint density at radius 2 is 2.00 bits per heavy atom. The molecule has 2 aromatic rings. The number of carbonyl (C=O) groups excluding carboxylic acids is 1. The highest BCUT2D eigenvalue weighted by Gasteiger charge is 2.12. The number of hydrogen-bond acceptors (Lipinski definition) is 3. The Hall–Kier alpha value is -1.46. The standard InChI is InChI=1S/C11H7BrClN3O/c12-9-3-1-2-8(10(9)13)11(17)16-7-4-14-6-15-5-7/h1-6H,(H,16,17). The van der Waals surface area contributed by atoms with E-state index in [9.17, 15) is 4.79 Å². The van der Waals surface area contributed by atoms with Crippen molar-refractivity contribution in [1.82, 2.24) is 9.97 Å². The molecule has 86 valence electrons. The molecular weight excluding hydrogens is 305 g/mol. The number of hydrogen-bond donors (Lipinski definition) is 1. The van der Waals surface area contributed by atoms with E-state index in [1.807, 2.05) is 0 Å². The van der Waals surface area contributed by atoms with Gasteiger partial charge in [0.1, 0.15) is 6.33 Å². The first kappa shape index (κ1) is 12.0. The lowest BCUT2D eigenvalue weighted by Crippen LogP contribution is -2.12. The predicted octanol–water partition coefficient (Wildman–Crippen LogP) is 3.14. The molecule has 0 unspecified atom stereocenters. The third-order valence-electron chi connectivity index (χ3n) is 2.01. The van der Waals surface area contributed by atoms with Crippen LogP contribution in [0.4, 0.5) is 5.69 Å². The number of aromatic nitrogens is 2. The van der Waals surface area contributed by atoms with Gasteiger partial charge in [-0.05, 0) is 28.1 Å². The van der Waals surface area contributed by atoms with Crippen molar-refractivity contribution >= 4 is 39.1 Å². The van der Waals surface area contributed by atoms with Gasteiger partial charge in [-0.1, -0.05) is 17.7 Å². The second-order valence-corrected chi connectivity index (χ2v) is 4.41. The van der Waals surface area contributed by atoms with Gasteiger partial charge in [0.05, 0.1) is 28.7 Å². The van der Waals surface area contributed by atoms with Crippen molar-refractivity contribution in [2.24, 2.45) is 0 Å². The number of rotatable bonds is 2. The minimum atomic E-state index is -0.300. The number of anilines is 1. The number of halogens is 2. The second-order valence-electron chi connectivity index (χ2n) is 3.18. The van der Waals surface area contributed by atoms with Crippen LogP contribution in [-0.2, 0) is 0 Å². The van der Waals surface area contributed by atoms with Gasteiger partial charge in [0.2, 0.25) is 0 Å². The summed E-state index contributed by atoms with van der Waals surface area (Å²) in [5, 5.41) is 3.03. The fourth-order valence-corrected chi connectivity index (χ4v) is 1.82. The van der Waals surface area contributed by atoms with E-state index in [1.165, 1.54) is 18.7 Å². The molecule has 0 aliphatic heterocycles. The number of nitrogens with zero attached hydrogens (tertiary/aromatic N) is 2. The SMILES string of the molecule is O=C(Nc1cncnc1)c1cccc(Br)c1Cl. The highest BCUT2D eigenvalue weighted by Crippen LogP contribution is 2.26. The Morgan fingerprint density at radius 1 is 1.29 bits per heavy atom. The highest BCUT2D eigenvalue weighted by atomic mass is 79.9. The van der Waals surface area contributed by atoms with Gasteiger partial charge in [0, 0.05) is 4.47 Å². The lowest BCUT2D eigenvalue weighted by atomic mass is 10.2. The number of benzene rings is 1. The number of amides is 1. The zero-order valence-electron chi connectivity index (χ0n) is 8.52. The molecule has 1 amide bonds. The summed E-state index contributed by atoms with van der Waals surface area (Å²) in [6.45, 7) is 0. The van der Waals surface area contributed by atoms with E-state index >= 15 is 0 Å². The van der Waals surface area contributed by atoms with Crippen LogP contribution in [-0.4, -0.2) is 15.9 Å². The summed E-state index contributed by atoms with van der Waals surface area (Å²) in [7, 11) is 0. The molecule has 17 heavy (non-hydrogen) atoms. The van der Waals surface area contributed by atoms with E-state index in [1.54, 1.807) is 18.2 Å². The summed E-state index contributed by atoms with van der Waals surface area (Å²) in [5.41, 5.74) is 0.915. The molecule has 2 rings (SSSR count). The topological polar surface area (TPSA) is 54.9 Å². The Kier molecular flexibility index (Phi) is 3.71. The van der Waals surface area contributed by atoms with Crippen LogP contribution in [0.2, 0.25) is 5.02 Å². The molecule has 1 N–H and O–H groups in total. The van der Waals surface area contributed by atoms with Gasteiger partial charge in [-0.15, -0.1) is 0 Å². The second kappa shape index (κ2) is 5.25. The Bertz CT molecular complexity index is 548. The average molecular weight is 313 g/mol. The first-order valence-corrected chi connectivity index (χ1v) is 5.86. The molecule has 0 saturated heterocycles. The first-order chi connectivity index (χ1) is 8.18. The van der Waals surface area contributed by atoms with Gasteiger partial charge in [-0.3, -0.25) is 4.79 Å². The zero-order chi connectivity index (χ0) is 12.3. The molecule has 0 bridgehead atoms. The molecule has 0 aliphatic rings. The average Bonchev–Trinajstić information content (AvgIpc) is 2.34. The molecule has 0 atom stereocenters. The maximum atomic E-state index is 11.9. The van der Waals surface area contributed by atoms with E-state index in [0.717, 1.165) is 0 Å². The van der Waals surface area contributed by atoms with Crippen molar-refractivity contribution in [2.45, 2.75) is 0 Å². The first-order valence-electron chi connectivity index (χ1n) is 4.69. The molecule has 0 fully saturated rings. The van der Waals surface area contributed by atoms with Crippen molar-refractivity contribution in [2.75, 3.05) is 5.32 Å². The van der Waals surface area contributed by atoms with Crippen molar-refractivity contribution in [3.05, 3.63) is 52.0 Å². The lowest BCUT2D eigenvalue weighted by Gasteiger charge is -2.06. The minimum Gasteiger partial charge on any atom is -0.319 e. The summed E-state index contributed by atoms with van der Waals surface area (Å²) in [4.78, 5) is 19.5. The summed E-state index contributed by atoms with van der Waals surface area (Å²) >= 11 is 9.28. The molecule has 6 heteroatoms. The molecule has 4 nitrogen and oxygen atoms in total. The predicted molar refractivity (Wildman–Crippen MR) is 69.1 cm³/mol. The van der Waals surface area contributed by atoms with Crippen LogP contribution in [0.25, 0.3) is 0 Å². The van der Waals surface area contributed by atoms with Gasteiger partial charge in [-0.25, -0.2) is 9.97 Å². The molecule has 1 aromatic carbocycles. The maximum absolute atomic E-state index is 11.9. The molecule has 1 aromatic heterocycles. The third-order valence-corrected chi connectivity index (χ3v) is 3.31. The van der Waals surface area contributed by atoms with Crippen molar-refractivity contribution in [3.63, 3.8) is 0 Å². The van der Waals surface area contributed by atoms with Crippen LogP contribution in [0.3, 0.4) is 0 Å². The van der Waals surface area contributed by atoms with Gasteiger partial charge in [0.25, 0.3) is 5.91 Å². The van der Waals surface area contributed by atoms with E-state index in [2.05, 4.69) is 31.2 Å². The normalized spacial score (nSPS) is 10.0. The molecular formula is C11H7BrClN3O. The van der Waals surface area contributed by atoms with Crippen molar-refractivity contribution < 1.29 is 4.79 Å². The summed E-state index contributed by atoms with van der Waals surface area (Å²) in [5.74, 6) is -0.300. The van der Waals surface area contributed by atoms with Crippen LogP contribution in [0.5, 0.6) is 0 Å². The fraction of sp³-hybridized carbons (Fsp3) is 0. The quantitative estimate of drug-likeness (QED) is 0.927.